The Kier molecular flexibility index (Phi) is 4.02. The maximum atomic E-state index is 12.2. The third kappa shape index (κ3) is 2.84. The molecule has 0 saturated heterocycles. The molecule has 4 nitrogen and oxygen atoms in total. The Hall–Kier alpha value is -1.36. The lowest BCUT2D eigenvalue weighted by atomic mass is 9.88. The number of fused-ring (bicyclic) bond motifs is 2. The lowest BCUT2D eigenvalue weighted by Gasteiger charge is -2.20. The highest BCUT2D eigenvalue weighted by Crippen LogP contribution is 2.48. The quantitative estimate of drug-likeness (QED) is 0.844. The molecule has 5 heteroatoms. The van der Waals surface area contributed by atoms with E-state index < -0.39 is 0 Å². The second kappa shape index (κ2) is 5.79. The van der Waals surface area contributed by atoms with Crippen LogP contribution in [0.5, 0.6) is 0 Å². The molecule has 2 amide bonds. The van der Waals surface area contributed by atoms with E-state index in [-0.39, 0.29) is 17.7 Å². The third-order valence-corrected chi connectivity index (χ3v) is 6.32. The van der Waals surface area contributed by atoms with Crippen molar-refractivity contribution in [2.24, 2.45) is 17.8 Å². The monoisotopic (exact) mass is 306 g/mol. The fraction of sp³-hybridized carbons (Fsp3) is 0.625. The van der Waals surface area contributed by atoms with Crippen molar-refractivity contribution in [2.45, 2.75) is 46.0 Å². The van der Waals surface area contributed by atoms with Gasteiger partial charge in [0.2, 0.25) is 5.91 Å². The molecule has 0 radical (unpaired) electrons. The molecule has 2 N–H and O–H groups in total. The first-order valence-electron chi connectivity index (χ1n) is 7.78. The molecule has 1 aromatic heterocycles. The molecule has 2 aliphatic carbocycles. The second-order valence-electron chi connectivity index (χ2n) is 6.30. The summed E-state index contributed by atoms with van der Waals surface area (Å²) in [5.74, 6) is 1.13. The van der Waals surface area contributed by atoms with E-state index >= 15 is 0 Å². The SMILES string of the molecule is CCc1sc(C(=O)NNC(=O)C2CC3CCC2C3)cc1C. The largest absolute Gasteiger partial charge is 0.279 e. The highest BCUT2D eigenvalue weighted by Gasteiger charge is 2.43. The van der Waals surface area contributed by atoms with Gasteiger partial charge in [-0.2, -0.15) is 0 Å². The van der Waals surface area contributed by atoms with Crippen molar-refractivity contribution >= 4 is 23.2 Å². The lowest BCUT2D eigenvalue weighted by molar-refractivity contribution is -0.127. The van der Waals surface area contributed by atoms with Crippen LogP contribution in [0.3, 0.4) is 0 Å². The van der Waals surface area contributed by atoms with Crippen LogP contribution in [-0.4, -0.2) is 11.8 Å². The zero-order valence-corrected chi connectivity index (χ0v) is 13.4. The summed E-state index contributed by atoms with van der Waals surface area (Å²) in [4.78, 5) is 26.2. The van der Waals surface area contributed by atoms with Gasteiger partial charge in [-0.05, 0) is 56.1 Å². The number of rotatable bonds is 3. The first kappa shape index (κ1) is 14.6. The number of thiophene rings is 1. The molecule has 1 heterocycles. The van der Waals surface area contributed by atoms with Gasteiger partial charge in [0.1, 0.15) is 0 Å². The number of hydrogen-bond acceptors (Lipinski definition) is 3. The first-order valence-corrected chi connectivity index (χ1v) is 8.59. The smallest absolute Gasteiger partial charge is 0.273 e. The van der Waals surface area contributed by atoms with E-state index in [1.165, 1.54) is 35.5 Å². The predicted octanol–water partition coefficient (Wildman–Crippen LogP) is 2.82. The number of aryl methyl sites for hydroxylation is 2. The molecule has 2 fully saturated rings. The molecular formula is C16H22N2O2S. The van der Waals surface area contributed by atoms with E-state index in [9.17, 15) is 9.59 Å². The summed E-state index contributed by atoms with van der Waals surface area (Å²) < 4.78 is 0. The van der Waals surface area contributed by atoms with Crippen molar-refractivity contribution in [3.63, 3.8) is 0 Å². The Bertz CT molecular complexity index is 567. The summed E-state index contributed by atoms with van der Waals surface area (Å²) in [6, 6.07) is 1.89. The zero-order valence-electron chi connectivity index (χ0n) is 12.6. The Morgan fingerprint density at radius 1 is 1.29 bits per heavy atom. The van der Waals surface area contributed by atoms with Crippen molar-refractivity contribution in [3.8, 4) is 0 Å². The fourth-order valence-corrected chi connectivity index (χ4v) is 4.83. The highest BCUT2D eigenvalue weighted by atomic mass is 32.1. The van der Waals surface area contributed by atoms with Crippen LogP contribution in [0.15, 0.2) is 6.07 Å². The van der Waals surface area contributed by atoms with Crippen molar-refractivity contribution in [1.82, 2.24) is 10.9 Å². The van der Waals surface area contributed by atoms with Gasteiger partial charge in [0, 0.05) is 10.8 Å². The van der Waals surface area contributed by atoms with Gasteiger partial charge in [-0.25, -0.2) is 0 Å². The maximum Gasteiger partial charge on any atom is 0.279 e. The minimum absolute atomic E-state index is 0.0143. The molecule has 21 heavy (non-hydrogen) atoms. The molecule has 0 aliphatic heterocycles. The van der Waals surface area contributed by atoms with Gasteiger partial charge in [0.05, 0.1) is 4.88 Å². The molecule has 3 unspecified atom stereocenters. The number of nitrogens with one attached hydrogen (secondary N) is 2. The maximum absolute atomic E-state index is 12.2. The predicted molar refractivity (Wildman–Crippen MR) is 83.0 cm³/mol. The van der Waals surface area contributed by atoms with Crippen molar-refractivity contribution in [1.29, 1.82) is 0 Å². The second-order valence-corrected chi connectivity index (χ2v) is 7.43. The molecule has 1 aromatic rings. The van der Waals surface area contributed by atoms with Crippen LogP contribution in [0.2, 0.25) is 0 Å². The van der Waals surface area contributed by atoms with Crippen LogP contribution in [0.25, 0.3) is 0 Å². The van der Waals surface area contributed by atoms with Gasteiger partial charge in [-0.3, -0.25) is 20.4 Å². The van der Waals surface area contributed by atoms with E-state index in [0.29, 0.717) is 10.8 Å². The Balaban J connectivity index is 1.54. The minimum Gasteiger partial charge on any atom is -0.273 e. The van der Waals surface area contributed by atoms with Crippen LogP contribution in [-0.2, 0) is 11.2 Å². The van der Waals surface area contributed by atoms with E-state index in [1.807, 2.05) is 13.0 Å². The molecule has 2 aliphatic rings. The number of hydrazine groups is 1. The summed E-state index contributed by atoms with van der Waals surface area (Å²) >= 11 is 1.50. The molecule has 0 aromatic carbocycles. The van der Waals surface area contributed by atoms with Gasteiger partial charge in [-0.15, -0.1) is 11.3 Å². The topological polar surface area (TPSA) is 58.2 Å². The Morgan fingerprint density at radius 3 is 2.67 bits per heavy atom. The van der Waals surface area contributed by atoms with Gasteiger partial charge in [0.25, 0.3) is 5.91 Å². The van der Waals surface area contributed by atoms with Gasteiger partial charge in [0.15, 0.2) is 0 Å². The first-order chi connectivity index (χ1) is 10.1. The number of carbonyl (C=O) groups is 2. The van der Waals surface area contributed by atoms with Gasteiger partial charge < -0.3 is 0 Å². The van der Waals surface area contributed by atoms with Gasteiger partial charge in [-0.1, -0.05) is 13.3 Å². The number of hydrogen-bond donors (Lipinski definition) is 2. The van der Waals surface area contributed by atoms with Crippen molar-refractivity contribution in [2.75, 3.05) is 0 Å². The normalized spacial score (nSPS) is 26.9. The van der Waals surface area contributed by atoms with Crippen LogP contribution in [0.4, 0.5) is 0 Å². The van der Waals surface area contributed by atoms with Crippen LogP contribution >= 0.6 is 11.3 Å². The van der Waals surface area contributed by atoms with Gasteiger partial charge >= 0.3 is 0 Å². The average molecular weight is 306 g/mol. The number of carbonyl (C=O) groups excluding carboxylic acids is 2. The van der Waals surface area contributed by atoms with Crippen LogP contribution in [0.1, 0.15) is 52.7 Å². The van der Waals surface area contributed by atoms with Crippen molar-refractivity contribution in [3.05, 3.63) is 21.4 Å². The van der Waals surface area contributed by atoms with E-state index in [2.05, 4.69) is 17.8 Å². The molecule has 114 valence electrons. The molecule has 3 rings (SSSR count). The molecular weight excluding hydrogens is 284 g/mol. The summed E-state index contributed by atoms with van der Waals surface area (Å²) in [5, 5.41) is 0. The summed E-state index contributed by atoms with van der Waals surface area (Å²) in [7, 11) is 0. The van der Waals surface area contributed by atoms with E-state index in [1.54, 1.807) is 0 Å². The molecule has 2 saturated carbocycles. The fourth-order valence-electron chi connectivity index (χ4n) is 3.82. The molecule has 0 spiro atoms. The Labute approximate surface area is 129 Å². The Morgan fingerprint density at radius 2 is 2.10 bits per heavy atom. The summed E-state index contributed by atoms with van der Waals surface area (Å²) in [6.07, 6.45) is 5.55. The average Bonchev–Trinajstić information content (AvgIpc) is 3.18. The zero-order chi connectivity index (χ0) is 15.0. The van der Waals surface area contributed by atoms with Crippen LogP contribution < -0.4 is 10.9 Å². The highest BCUT2D eigenvalue weighted by molar-refractivity contribution is 7.14. The van der Waals surface area contributed by atoms with Crippen LogP contribution in [0, 0.1) is 24.7 Å². The lowest BCUT2D eigenvalue weighted by Crippen LogP contribution is -2.45. The molecule has 3 atom stereocenters. The summed E-state index contributed by atoms with van der Waals surface area (Å²) in [5.41, 5.74) is 6.34. The third-order valence-electron chi connectivity index (χ3n) is 4.94. The van der Waals surface area contributed by atoms with E-state index in [0.717, 1.165) is 24.3 Å². The standard InChI is InChI=1S/C16H22N2O2S/c1-3-13-9(2)6-14(21-13)16(20)18-17-15(19)12-8-10-4-5-11(12)7-10/h6,10-12H,3-5,7-8H2,1-2H3,(H,17,19)(H,18,20). The van der Waals surface area contributed by atoms with Crippen molar-refractivity contribution < 1.29 is 9.59 Å². The van der Waals surface area contributed by atoms with E-state index in [4.69, 9.17) is 0 Å². The minimum atomic E-state index is -0.209. The summed E-state index contributed by atoms with van der Waals surface area (Å²) in [6.45, 7) is 4.09. The molecule has 2 bridgehead atoms. The number of amides is 2.